The van der Waals surface area contributed by atoms with Crippen LogP contribution >= 0.6 is 0 Å². The van der Waals surface area contributed by atoms with Crippen LogP contribution in [-0.4, -0.2) is 48.4 Å². The SMILES string of the molecule is O=C(NCCc1ccccc1)c1nc(-c2ccc(S(=O)(=O)N3CCCCCC3)cc2)no1. The summed E-state index contributed by atoms with van der Waals surface area (Å²) in [6.45, 7) is 1.55. The van der Waals surface area contributed by atoms with E-state index in [0.29, 0.717) is 31.6 Å². The highest BCUT2D eigenvalue weighted by molar-refractivity contribution is 7.89. The molecular weight excluding hydrogens is 428 g/mol. The molecular formula is C23H26N4O4S. The summed E-state index contributed by atoms with van der Waals surface area (Å²) in [4.78, 5) is 16.7. The first kappa shape index (κ1) is 22.2. The Labute approximate surface area is 187 Å². The summed E-state index contributed by atoms with van der Waals surface area (Å²) in [5, 5.41) is 6.62. The lowest BCUT2D eigenvalue weighted by molar-refractivity contribution is 0.0910. The van der Waals surface area contributed by atoms with Crippen LogP contribution in [0.1, 0.15) is 41.9 Å². The number of nitrogens with zero attached hydrogens (tertiary/aromatic N) is 3. The van der Waals surface area contributed by atoms with Crippen molar-refractivity contribution < 1.29 is 17.7 Å². The molecule has 1 aliphatic rings. The van der Waals surface area contributed by atoms with Crippen LogP contribution < -0.4 is 5.32 Å². The van der Waals surface area contributed by atoms with Crippen LogP contribution in [-0.2, 0) is 16.4 Å². The Balaban J connectivity index is 1.39. The van der Waals surface area contributed by atoms with Gasteiger partial charge in [-0.3, -0.25) is 4.79 Å². The van der Waals surface area contributed by atoms with Crippen LogP contribution in [0.5, 0.6) is 0 Å². The molecule has 0 aliphatic carbocycles. The molecule has 1 aliphatic heterocycles. The van der Waals surface area contributed by atoms with E-state index in [9.17, 15) is 13.2 Å². The van der Waals surface area contributed by atoms with Gasteiger partial charge in [-0.15, -0.1) is 0 Å². The van der Waals surface area contributed by atoms with E-state index in [0.717, 1.165) is 31.2 Å². The lowest BCUT2D eigenvalue weighted by Gasteiger charge is -2.19. The average Bonchev–Trinajstić information content (AvgIpc) is 3.14. The van der Waals surface area contributed by atoms with Crippen molar-refractivity contribution in [2.45, 2.75) is 37.0 Å². The summed E-state index contributed by atoms with van der Waals surface area (Å²) in [6.07, 6.45) is 4.59. The molecule has 0 spiro atoms. The van der Waals surface area contributed by atoms with E-state index in [4.69, 9.17) is 4.52 Å². The molecule has 3 aromatic rings. The fourth-order valence-electron chi connectivity index (χ4n) is 3.68. The molecule has 1 amide bonds. The maximum Gasteiger partial charge on any atom is 0.316 e. The minimum atomic E-state index is -3.52. The third-order valence-electron chi connectivity index (χ3n) is 5.48. The Morgan fingerprint density at radius 2 is 1.66 bits per heavy atom. The maximum absolute atomic E-state index is 12.9. The monoisotopic (exact) mass is 454 g/mol. The second-order valence-electron chi connectivity index (χ2n) is 7.76. The molecule has 1 aromatic heterocycles. The van der Waals surface area contributed by atoms with Gasteiger partial charge in [-0.2, -0.15) is 9.29 Å². The summed E-state index contributed by atoms with van der Waals surface area (Å²) in [6, 6.07) is 16.2. The molecule has 9 heteroatoms. The Hall–Kier alpha value is -3.04. The fraction of sp³-hybridized carbons (Fsp3) is 0.348. The molecule has 32 heavy (non-hydrogen) atoms. The van der Waals surface area contributed by atoms with Crippen LogP contribution in [0.2, 0.25) is 0 Å². The molecule has 1 fully saturated rings. The Kier molecular flexibility index (Phi) is 6.96. The fourth-order valence-corrected chi connectivity index (χ4v) is 5.20. The first-order chi connectivity index (χ1) is 15.5. The van der Waals surface area contributed by atoms with Crippen molar-refractivity contribution >= 4 is 15.9 Å². The molecule has 0 saturated carbocycles. The van der Waals surface area contributed by atoms with Gasteiger partial charge in [-0.1, -0.05) is 48.3 Å². The minimum absolute atomic E-state index is 0.130. The van der Waals surface area contributed by atoms with Gasteiger partial charge < -0.3 is 9.84 Å². The van der Waals surface area contributed by atoms with Gasteiger partial charge in [-0.05, 0) is 49.1 Å². The van der Waals surface area contributed by atoms with Crippen molar-refractivity contribution in [2.24, 2.45) is 0 Å². The summed E-state index contributed by atoms with van der Waals surface area (Å²) in [5.74, 6) is -0.341. The molecule has 0 radical (unpaired) electrons. The highest BCUT2D eigenvalue weighted by Gasteiger charge is 2.25. The topological polar surface area (TPSA) is 105 Å². The number of nitrogens with one attached hydrogen (secondary N) is 1. The highest BCUT2D eigenvalue weighted by Crippen LogP contribution is 2.23. The van der Waals surface area contributed by atoms with Crippen molar-refractivity contribution in [3.8, 4) is 11.4 Å². The van der Waals surface area contributed by atoms with E-state index in [1.54, 1.807) is 28.6 Å². The van der Waals surface area contributed by atoms with Gasteiger partial charge in [0.05, 0.1) is 4.90 Å². The van der Waals surface area contributed by atoms with Gasteiger partial charge in [-0.25, -0.2) is 8.42 Å². The Morgan fingerprint density at radius 3 is 2.34 bits per heavy atom. The largest absolute Gasteiger partial charge is 0.347 e. The number of aromatic nitrogens is 2. The molecule has 8 nitrogen and oxygen atoms in total. The number of rotatable bonds is 7. The molecule has 2 heterocycles. The Morgan fingerprint density at radius 1 is 0.969 bits per heavy atom. The molecule has 2 aromatic carbocycles. The molecule has 1 saturated heterocycles. The normalized spacial score (nSPS) is 15.2. The van der Waals surface area contributed by atoms with Crippen molar-refractivity contribution in [1.82, 2.24) is 19.8 Å². The molecule has 168 valence electrons. The first-order valence-corrected chi connectivity index (χ1v) is 12.2. The summed E-state index contributed by atoms with van der Waals surface area (Å²) in [5.41, 5.74) is 1.70. The molecule has 0 bridgehead atoms. The number of hydrogen-bond donors (Lipinski definition) is 1. The summed E-state index contributed by atoms with van der Waals surface area (Å²) in [7, 11) is -3.52. The quantitative estimate of drug-likeness (QED) is 0.587. The van der Waals surface area contributed by atoms with E-state index in [2.05, 4.69) is 15.5 Å². The third-order valence-corrected chi connectivity index (χ3v) is 7.39. The minimum Gasteiger partial charge on any atom is -0.347 e. The van der Waals surface area contributed by atoms with Crippen LogP contribution in [0.25, 0.3) is 11.4 Å². The number of amides is 1. The lowest BCUT2D eigenvalue weighted by Crippen LogP contribution is -2.31. The van der Waals surface area contributed by atoms with Crippen molar-refractivity contribution in [3.05, 3.63) is 66.1 Å². The smallest absolute Gasteiger partial charge is 0.316 e. The second-order valence-corrected chi connectivity index (χ2v) is 9.70. The number of sulfonamides is 1. The van der Waals surface area contributed by atoms with Gasteiger partial charge in [0.25, 0.3) is 0 Å². The first-order valence-electron chi connectivity index (χ1n) is 10.8. The van der Waals surface area contributed by atoms with Crippen molar-refractivity contribution in [2.75, 3.05) is 19.6 Å². The number of benzene rings is 2. The van der Waals surface area contributed by atoms with E-state index >= 15 is 0 Å². The van der Waals surface area contributed by atoms with Gasteiger partial charge in [0.2, 0.25) is 15.8 Å². The van der Waals surface area contributed by atoms with Gasteiger partial charge in [0, 0.05) is 25.2 Å². The summed E-state index contributed by atoms with van der Waals surface area (Å²) < 4.78 is 32.5. The maximum atomic E-state index is 12.9. The van der Waals surface area contributed by atoms with E-state index < -0.39 is 15.9 Å². The van der Waals surface area contributed by atoms with E-state index in [-0.39, 0.29) is 16.6 Å². The number of carbonyl (C=O) groups is 1. The van der Waals surface area contributed by atoms with Gasteiger partial charge in [0.1, 0.15) is 0 Å². The van der Waals surface area contributed by atoms with Crippen LogP contribution in [0.3, 0.4) is 0 Å². The third kappa shape index (κ3) is 5.23. The van der Waals surface area contributed by atoms with Crippen LogP contribution in [0, 0.1) is 0 Å². The van der Waals surface area contributed by atoms with Crippen molar-refractivity contribution in [3.63, 3.8) is 0 Å². The zero-order valence-electron chi connectivity index (χ0n) is 17.7. The number of carbonyl (C=O) groups excluding carboxylic acids is 1. The highest BCUT2D eigenvalue weighted by atomic mass is 32.2. The zero-order chi connectivity index (χ0) is 22.4. The molecule has 1 N–H and O–H groups in total. The van der Waals surface area contributed by atoms with Gasteiger partial charge in [0.15, 0.2) is 0 Å². The van der Waals surface area contributed by atoms with E-state index in [1.807, 2.05) is 30.3 Å². The van der Waals surface area contributed by atoms with E-state index in [1.165, 1.54) is 0 Å². The van der Waals surface area contributed by atoms with Crippen LogP contribution in [0.15, 0.2) is 64.0 Å². The lowest BCUT2D eigenvalue weighted by atomic mass is 10.1. The van der Waals surface area contributed by atoms with Gasteiger partial charge >= 0.3 is 11.8 Å². The second kappa shape index (κ2) is 10.1. The molecule has 0 unspecified atom stereocenters. The predicted octanol–water partition coefficient (Wildman–Crippen LogP) is 3.27. The molecule has 0 atom stereocenters. The average molecular weight is 455 g/mol. The predicted molar refractivity (Wildman–Crippen MR) is 119 cm³/mol. The summed E-state index contributed by atoms with van der Waals surface area (Å²) >= 11 is 0. The van der Waals surface area contributed by atoms with Crippen LogP contribution in [0.4, 0.5) is 0 Å². The number of hydrogen-bond acceptors (Lipinski definition) is 6. The molecule has 4 rings (SSSR count). The Bertz CT molecular complexity index is 1140. The van der Waals surface area contributed by atoms with Crippen molar-refractivity contribution in [1.29, 1.82) is 0 Å². The standard InChI is InChI=1S/C23H26N4O4S/c28-22(24-15-14-18-8-4-3-5-9-18)23-25-21(26-31-23)19-10-12-20(13-11-19)32(29,30)27-16-6-1-2-7-17-27/h3-5,8-13H,1-2,6-7,14-17H2,(H,24,28). The zero-order valence-corrected chi connectivity index (χ0v) is 18.6.